The molecule has 3 aromatic rings. The molecule has 0 spiro atoms. The van der Waals surface area contributed by atoms with Crippen LogP contribution in [0.15, 0.2) is 23.0 Å². The van der Waals surface area contributed by atoms with Gasteiger partial charge in [-0.2, -0.15) is 10.1 Å². The van der Waals surface area contributed by atoms with Crippen LogP contribution in [0.5, 0.6) is 0 Å². The molecule has 0 radical (unpaired) electrons. The van der Waals surface area contributed by atoms with Crippen LogP contribution in [0.4, 0.5) is 0 Å². The SMILES string of the molecule is Cl.c1cn(Cc2noc(C3CCC3)n2)c(-c2cc3n(n2)CCCNC3)n1. The average molecular weight is 376 g/mol. The number of aryl methyl sites for hydroxylation is 1. The Labute approximate surface area is 157 Å². The van der Waals surface area contributed by atoms with Crippen LogP contribution in [0.3, 0.4) is 0 Å². The number of nitrogens with one attached hydrogen (secondary N) is 1. The Kier molecular flexibility index (Phi) is 4.78. The summed E-state index contributed by atoms with van der Waals surface area (Å²) in [7, 11) is 0. The molecule has 0 amide bonds. The normalized spacial score (nSPS) is 17.2. The molecular weight excluding hydrogens is 354 g/mol. The highest BCUT2D eigenvalue weighted by Crippen LogP contribution is 2.35. The van der Waals surface area contributed by atoms with Gasteiger partial charge in [0.2, 0.25) is 5.89 Å². The highest BCUT2D eigenvalue weighted by molar-refractivity contribution is 5.85. The lowest BCUT2D eigenvalue weighted by atomic mass is 9.85. The molecule has 1 N–H and O–H groups in total. The van der Waals surface area contributed by atoms with Crippen LogP contribution in [-0.4, -0.2) is 36.0 Å². The second kappa shape index (κ2) is 7.20. The molecule has 1 saturated carbocycles. The molecule has 9 heteroatoms. The minimum absolute atomic E-state index is 0. The van der Waals surface area contributed by atoms with Crippen molar-refractivity contribution in [3.8, 4) is 11.5 Å². The van der Waals surface area contributed by atoms with Gasteiger partial charge in [0.25, 0.3) is 0 Å². The Hall–Kier alpha value is -2.19. The van der Waals surface area contributed by atoms with Crippen LogP contribution < -0.4 is 5.32 Å². The molecule has 26 heavy (non-hydrogen) atoms. The standard InChI is InChI=1S/C17H21N7O.ClH/c1-3-12(4-1)17-20-15(22-25-17)11-23-8-6-19-16(23)14-9-13-10-18-5-2-7-24(13)21-14;/h6,8-9,12,18H,1-5,7,10-11H2;1H. The molecule has 4 heterocycles. The molecule has 5 rings (SSSR count). The third kappa shape index (κ3) is 3.14. The van der Waals surface area contributed by atoms with E-state index < -0.39 is 0 Å². The largest absolute Gasteiger partial charge is 0.339 e. The summed E-state index contributed by atoms with van der Waals surface area (Å²) in [5.41, 5.74) is 2.10. The maximum atomic E-state index is 5.42. The molecule has 138 valence electrons. The van der Waals surface area contributed by atoms with E-state index in [0.717, 1.165) is 56.3 Å². The zero-order valence-electron chi connectivity index (χ0n) is 14.5. The van der Waals surface area contributed by atoms with Crippen LogP contribution in [0.1, 0.15) is 49.0 Å². The minimum Gasteiger partial charge on any atom is -0.339 e. The number of nitrogens with zero attached hydrogens (tertiary/aromatic N) is 6. The maximum Gasteiger partial charge on any atom is 0.229 e. The van der Waals surface area contributed by atoms with Crippen molar-refractivity contribution in [1.29, 1.82) is 0 Å². The number of imidazole rings is 1. The first-order chi connectivity index (χ1) is 12.4. The van der Waals surface area contributed by atoms with Crippen LogP contribution in [0, 0.1) is 0 Å². The lowest BCUT2D eigenvalue weighted by molar-refractivity contribution is 0.291. The molecule has 1 fully saturated rings. The zero-order chi connectivity index (χ0) is 16.6. The van der Waals surface area contributed by atoms with E-state index >= 15 is 0 Å². The quantitative estimate of drug-likeness (QED) is 0.753. The first kappa shape index (κ1) is 17.2. The van der Waals surface area contributed by atoms with Gasteiger partial charge in [-0.15, -0.1) is 12.4 Å². The van der Waals surface area contributed by atoms with Gasteiger partial charge in [-0.25, -0.2) is 4.98 Å². The Morgan fingerprint density at radius 1 is 1.27 bits per heavy atom. The third-order valence-electron chi connectivity index (χ3n) is 5.09. The van der Waals surface area contributed by atoms with Gasteiger partial charge in [0.05, 0.1) is 12.2 Å². The average Bonchev–Trinajstić information content (AvgIpc) is 3.25. The molecule has 3 aromatic heterocycles. The van der Waals surface area contributed by atoms with Gasteiger partial charge >= 0.3 is 0 Å². The van der Waals surface area contributed by atoms with Gasteiger partial charge in [0.15, 0.2) is 11.6 Å². The number of hydrogen-bond acceptors (Lipinski definition) is 6. The van der Waals surface area contributed by atoms with Gasteiger partial charge in [-0.05, 0) is 31.9 Å². The molecule has 1 aliphatic carbocycles. The molecule has 2 aliphatic rings. The summed E-state index contributed by atoms with van der Waals surface area (Å²) >= 11 is 0. The van der Waals surface area contributed by atoms with Crippen molar-refractivity contribution in [2.75, 3.05) is 6.54 Å². The van der Waals surface area contributed by atoms with E-state index in [1.807, 2.05) is 10.8 Å². The van der Waals surface area contributed by atoms with Crippen LogP contribution in [0.2, 0.25) is 0 Å². The smallest absolute Gasteiger partial charge is 0.229 e. The molecule has 0 aromatic carbocycles. The van der Waals surface area contributed by atoms with Crippen molar-refractivity contribution < 1.29 is 4.52 Å². The van der Waals surface area contributed by atoms with Crippen molar-refractivity contribution in [2.24, 2.45) is 0 Å². The summed E-state index contributed by atoms with van der Waals surface area (Å²) in [6.45, 7) is 3.38. The zero-order valence-corrected chi connectivity index (χ0v) is 15.3. The van der Waals surface area contributed by atoms with E-state index in [2.05, 4.69) is 31.2 Å². The van der Waals surface area contributed by atoms with Crippen molar-refractivity contribution in [3.05, 3.63) is 35.9 Å². The lowest BCUT2D eigenvalue weighted by Gasteiger charge is -2.20. The maximum absolute atomic E-state index is 5.42. The number of aromatic nitrogens is 6. The van der Waals surface area contributed by atoms with Gasteiger partial charge in [-0.3, -0.25) is 4.68 Å². The summed E-state index contributed by atoms with van der Waals surface area (Å²) in [5.74, 6) is 2.78. The molecule has 1 aliphatic heterocycles. The molecular formula is C17H22ClN7O. The number of halogens is 1. The fourth-order valence-electron chi connectivity index (χ4n) is 3.45. The molecule has 0 atom stereocenters. The van der Waals surface area contributed by atoms with Gasteiger partial charge in [0, 0.05) is 31.4 Å². The second-order valence-electron chi connectivity index (χ2n) is 6.83. The Bertz CT molecular complexity index is 856. The molecule has 0 saturated heterocycles. The molecule has 0 bridgehead atoms. The van der Waals surface area contributed by atoms with E-state index in [0.29, 0.717) is 18.3 Å². The Balaban J connectivity index is 0.00000168. The first-order valence-electron chi connectivity index (χ1n) is 8.98. The van der Waals surface area contributed by atoms with Crippen LogP contribution in [-0.2, 0) is 19.6 Å². The lowest BCUT2D eigenvalue weighted by Crippen LogP contribution is -2.11. The summed E-state index contributed by atoms with van der Waals surface area (Å²) in [4.78, 5) is 9.06. The summed E-state index contributed by atoms with van der Waals surface area (Å²) in [6, 6.07) is 2.12. The van der Waals surface area contributed by atoms with E-state index in [1.165, 1.54) is 12.1 Å². The van der Waals surface area contributed by atoms with Crippen molar-refractivity contribution in [2.45, 2.75) is 51.2 Å². The summed E-state index contributed by atoms with van der Waals surface area (Å²) in [6.07, 6.45) is 8.41. The van der Waals surface area contributed by atoms with E-state index in [-0.39, 0.29) is 12.4 Å². The predicted molar refractivity (Wildman–Crippen MR) is 97.0 cm³/mol. The summed E-state index contributed by atoms with van der Waals surface area (Å²) in [5, 5.41) is 12.3. The second-order valence-corrected chi connectivity index (χ2v) is 6.83. The molecule has 8 nitrogen and oxygen atoms in total. The van der Waals surface area contributed by atoms with Crippen LogP contribution in [0.25, 0.3) is 11.5 Å². The van der Waals surface area contributed by atoms with Crippen LogP contribution >= 0.6 is 12.4 Å². The van der Waals surface area contributed by atoms with Crippen molar-refractivity contribution in [3.63, 3.8) is 0 Å². The number of hydrogen-bond donors (Lipinski definition) is 1. The number of fused-ring (bicyclic) bond motifs is 1. The predicted octanol–water partition coefficient (Wildman–Crippen LogP) is 2.36. The molecule has 0 unspecified atom stereocenters. The third-order valence-corrected chi connectivity index (χ3v) is 5.09. The van der Waals surface area contributed by atoms with E-state index in [4.69, 9.17) is 9.62 Å². The van der Waals surface area contributed by atoms with E-state index in [9.17, 15) is 0 Å². The van der Waals surface area contributed by atoms with Crippen molar-refractivity contribution >= 4 is 12.4 Å². The van der Waals surface area contributed by atoms with Gasteiger partial charge in [-0.1, -0.05) is 11.6 Å². The fraction of sp³-hybridized carbons (Fsp3) is 0.529. The Morgan fingerprint density at radius 2 is 2.19 bits per heavy atom. The summed E-state index contributed by atoms with van der Waals surface area (Å²) < 4.78 is 9.53. The van der Waals surface area contributed by atoms with Crippen molar-refractivity contribution in [1.82, 2.24) is 34.8 Å². The highest BCUT2D eigenvalue weighted by atomic mass is 35.5. The van der Waals surface area contributed by atoms with Gasteiger partial charge in [0.1, 0.15) is 5.69 Å². The highest BCUT2D eigenvalue weighted by Gasteiger charge is 2.25. The minimum atomic E-state index is 0. The first-order valence-corrected chi connectivity index (χ1v) is 8.98. The fourth-order valence-corrected chi connectivity index (χ4v) is 3.45. The van der Waals surface area contributed by atoms with Gasteiger partial charge < -0.3 is 14.4 Å². The van der Waals surface area contributed by atoms with E-state index in [1.54, 1.807) is 6.20 Å². The Morgan fingerprint density at radius 3 is 3.04 bits per heavy atom. The monoisotopic (exact) mass is 375 g/mol. The topological polar surface area (TPSA) is 86.6 Å². The number of rotatable bonds is 4.